The van der Waals surface area contributed by atoms with Crippen LogP contribution in [0, 0.1) is 11.3 Å². The lowest BCUT2D eigenvalue weighted by molar-refractivity contribution is -0.128. The van der Waals surface area contributed by atoms with E-state index in [4.69, 9.17) is 5.26 Å². The molecule has 0 bridgehead atoms. The number of thioether (sulfide) groups is 2. The van der Waals surface area contributed by atoms with Crippen molar-refractivity contribution in [2.45, 2.75) is 29.7 Å². The topological polar surface area (TPSA) is 77.3 Å². The molecule has 2 amide bonds. The van der Waals surface area contributed by atoms with E-state index in [0.717, 1.165) is 25.1 Å². The van der Waals surface area contributed by atoms with Crippen molar-refractivity contribution in [1.82, 2.24) is 14.8 Å². The number of hydrogen-bond donors (Lipinski definition) is 0. The minimum absolute atomic E-state index is 0.111. The smallest absolute Gasteiger partial charge is 0.233 e. The van der Waals surface area contributed by atoms with Crippen LogP contribution in [0.25, 0.3) is 0 Å². The van der Waals surface area contributed by atoms with E-state index in [1.54, 1.807) is 17.8 Å². The van der Waals surface area contributed by atoms with Crippen molar-refractivity contribution in [3.63, 3.8) is 0 Å². The fraction of sp³-hybridized carbons (Fsp3) is 0.529. The molecule has 0 saturated carbocycles. The van der Waals surface area contributed by atoms with E-state index in [0.29, 0.717) is 35.9 Å². The summed E-state index contributed by atoms with van der Waals surface area (Å²) >= 11 is 3.01. The van der Waals surface area contributed by atoms with Crippen molar-refractivity contribution in [1.29, 1.82) is 5.26 Å². The van der Waals surface area contributed by atoms with E-state index in [1.165, 1.54) is 11.8 Å². The number of amides is 2. The van der Waals surface area contributed by atoms with Crippen molar-refractivity contribution in [2.24, 2.45) is 0 Å². The van der Waals surface area contributed by atoms with Gasteiger partial charge in [0.05, 0.1) is 17.0 Å². The van der Waals surface area contributed by atoms with Gasteiger partial charge in [-0.25, -0.2) is 4.98 Å². The summed E-state index contributed by atoms with van der Waals surface area (Å²) in [6, 6.07) is 5.76. The molecule has 0 aromatic carbocycles. The molecule has 2 saturated heterocycles. The van der Waals surface area contributed by atoms with Gasteiger partial charge in [-0.05, 0) is 31.2 Å². The molecule has 1 unspecified atom stereocenters. The molecule has 0 N–H and O–H groups in total. The average molecular weight is 377 g/mol. The maximum atomic E-state index is 12.3. The molecule has 6 nitrogen and oxygen atoms in total. The van der Waals surface area contributed by atoms with Crippen LogP contribution in [0.1, 0.15) is 35.9 Å². The number of pyridine rings is 1. The normalized spacial score (nSPS) is 20.4. The second-order valence-corrected chi connectivity index (χ2v) is 7.86. The highest BCUT2D eigenvalue weighted by Gasteiger charge is 2.34. The lowest BCUT2D eigenvalue weighted by atomic mass is 10.2. The van der Waals surface area contributed by atoms with Gasteiger partial charge in [-0.3, -0.25) is 9.59 Å². The summed E-state index contributed by atoms with van der Waals surface area (Å²) in [5, 5.41) is 9.72. The van der Waals surface area contributed by atoms with Gasteiger partial charge in [0.2, 0.25) is 11.8 Å². The molecule has 2 fully saturated rings. The van der Waals surface area contributed by atoms with Crippen molar-refractivity contribution in [3.8, 4) is 6.07 Å². The molecule has 25 heavy (non-hydrogen) atoms. The molecule has 3 heterocycles. The first kappa shape index (κ1) is 18.1. The van der Waals surface area contributed by atoms with Crippen LogP contribution in [-0.4, -0.2) is 58.2 Å². The van der Waals surface area contributed by atoms with Crippen LogP contribution in [0.3, 0.4) is 0 Å². The van der Waals surface area contributed by atoms with Gasteiger partial charge in [-0.2, -0.15) is 5.26 Å². The van der Waals surface area contributed by atoms with E-state index in [-0.39, 0.29) is 17.2 Å². The first-order chi connectivity index (χ1) is 12.1. The quantitative estimate of drug-likeness (QED) is 0.709. The largest absolute Gasteiger partial charge is 0.343 e. The molecule has 2 aliphatic rings. The summed E-state index contributed by atoms with van der Waals surface area (Å²) in [6.07, 6.45) is 4.26. The number of nitrogens with zero attached hydrogens (tertiary/aromatic N) is 4. The zero-order valence-electron chi connectivity index (χ0n) is 14.1. The van der Waals surface area contributed by atoms with Crippen LogP contribution in [0.5, 0.6) is 0 Å². The number of likely N-dealkylation sites (tertiary alicyclic amines) is 1. The summed E-state index contributed by atoms with van der Waals surface area (Å²) in [4.78, 5) is 32.3. The van der Waals surface area contributed by atoms with Crippen molar-refractivity contribution < 1.29 is 9.59 Å². The van der Waals surface area contributed by atoms with Gasteiger partial charge in [0, 0.05) is 26.1 Å². The second kappa shape index (κ2) is 8.11. The van der Waals surface area contributed by atoms with Crippen LogP contribution in [0.2, 0.25) is 0 Å². The average Bonchev–Trinajstić information content (AvgIpc) is 3.20. The first-order valence-corrected chi connectivity index (χ1v) is 10.5. The molecule has 1 aromatic heterocycles. The Balaban J connectivity index is 1.67. The second-order valence-electron chi connectivity index (χ2n) is 5.99. The Morgan fingerprint density at radius 1 is 1.36 bits per heavy atom. The molecule has 0 radical (unpaired) electrons. The van der Waals surface area contributed by atoms with Gasteiger partial charge >= 0.3 is 0 Å². The van der Waals surface area contributed by atoms with Gasteiger partial charge in [0.1, 0.15) is 16.5 Å². The van der Waals surface area contributed by atoms with Gasteiger partial charge in [0.15, 0.2) is 0 Å². The summed E-state index contributed by atoms with van der Waals surface area (Å²) < 4.78 is 0. The van der Waals surface area contributed by atoms with Crippen molar-refractivity contribution in [2.75, 3.05) is 31.6 Å². The van der Waals surface area contributed by atoms with Gasteiger partial charge < -0.3 is 9.80 Å². The number of aromatic nitrogens is 1. The van der Waals surface area contributed by atoms with Gasteiger partial charge in [-0.1, -0.05) is 0 Å². The van der Waals surface area contributed by atoms with Crippen molar-refractivity contribution in [3.05, 3.63) is 23.4 Å². The molecular formula is C17H20N4O2S2. The molecule has 0 aliphatic carbocycles. The van der Waals surface area contributed by atoms with Gasteiger partial charge in [-0.15, -0.1) is 23.5 Å². The van der Waals surface area contributed by atoms with E-state index in [2.05, 4.69) is 11.1 Å². The van der Waals surface area contributed by atoms with Crippen LogP contribution in [0.15, 0.2) is 17.2 Å². The Morgan fingerprint density at radius 3 is 2.88 bits per heavy atom. The highest BCUT2D eigenvalue weighted by atomic mass is 32.2. The third-order valence-corrected chi connectivity index (χ3v) is 6.34. The predicted octanol–water partition coefficient (Wildman–Crippen LogP) is 2.26. The van der Waals surface area contributed by atoms with Crippen LogP contribution < -0.4 is 0 Å². The molecule has 2 aliphatic heterocycles. The predicted molar refractivity (Wildman–Crippen MR) is 98.1 cm³/mol. The molecule has 3 rings (SSSR count). The fourth-order valence-corrected chi connectivity index (χ4v) is 4.85. The minimum Gasteiger partial charge on any atom is -0.343 e. The molecule has 1 aromatic rings. The lowest BCUT2D eigenvalue weighted by Crippen LogP contribution is -2.33. The molecule has 1 atom stereocenters. The third kappa shape index (κ3) is 3.93. The van der Waals surface area contributed by atoms with Crippen LogP contribution in [-0.2, 0) is 9.59 Å². The lowest BCUT2D eigenvalue weighted by Gasteiger charge is -2.25. The van der Waals surface area contributed by atoms with Gasteiger partial charge in [0.25, 0.3) is 0 Å². The first-order valence-electron chi connectivity index (χ1n) is 8.28. The summed E-state index contributed by atoms with van der Waals surface area (Å²) in [6.45, 7) is 2.16. The number of rotatable bonds is 6. The minimum atomic E-state index is -0.111. The van der Waals surface area contributed by atoms with E-state index in [1.807, 2.05) is 22.1 Å². The maximum absolute atomic E-state index is 12.3. The van der Waals surface area contributed by atoms with E-state index < -0.39 is 0 Å². The van der Waals surface area contributed by atoms with E-state index >= 15 is 0 Å². The molecular weight excluding hydrogens is 356 g/mol. The van der Waals surface area contributed by atoms with E-state index in [9.17, 15) is 9.59 Å². The molecule has 132 valence electrons. The van der Waals surface area contributed by atoms with Crippen LogP contribution >= 0.6 is 23.5 Å². The number of hydrogen-bond acceptors (Lipinski definition) is 6. The summed E-state index contributed by atoms with van der Waals surface area (Å²) in [5.41, 5.74) is 1.38. The summed E-state index contributed by atoms with van der Waals surface area (Å²) in [5.74, 6) is 0.778. The Hall–Kier alpha value is -1.72. The zero-order valence-corrected chi connectivity index (χ0v) is 15.7. The number of carbonyl (C=O) groups excluding carboxylic acids is 2. The Kier molecular flexibility index (Phi) is 5.86. The monoisotopic (exact) mass is 376 g/mol. The standard InChI is InChI=1S/C17H20N4O2S2/c1-24-16-12(10-18)5-6-13(19-16)17-21(15(23)11-25-17)9-3-8-20-7-2-4-14(20)22/h5-6,17H,2-4,7-9,11H2,1H3. The number of carbonyl (C=O) groups is 2. The third-order valence-electron chi connectivity index (χ3n) is 4.42. The molecule has 0 spiro atoms. The SMILES string of the molecule is CSc1nc(C2SCC(=O)N2CCCN2CCCC2=O)ccc1C#N. The van der Waals surface area contributed by atoms with Crippen molar-refractivity contribution >= 4 is 35.3 Å². The van der Waals surface area contributed by atoms with Crippen LogP contribution in [0.4, 0.5) is 0 Å². The Bertz CT molecular complexity index is 719. The fourth-order valence-electron chi connectivity index (χ4n) is 3.15. The number of nitriles is 1. The highest BCUT2D eigenvalue weighted by molar-refractivity contribution is 8.00. The summed E-state index contributed by atoms with van der Waals surface area (Å²) in [7, 11) is 0. The highest BCUT2D eigenvalue weighted by Crippen LogP contribution is 2.38. The maximum Gasteiger partial charge on any atom is 0.233 e. The zero-order chi connectivity index (χ0) is 17.8. The molecule has 8 heteroatoms. The Morgan fingerprint density at radius 2 is 2.20 bits per heavy atom. The Labute approximate surface area is 156 Å².